The summed E-state index contributed by atoms with van der Waals surface area (Å²) >= 11 is 0. The highest BCUT2D eigenvalue weighted by Gasteiger charge is 2.18. The van der Waals surface area contributed by atoms with E-state index in [1.165, 1.54) is 18.5 Å². The summed E-state index contributed by atoms with van der Waals surface area (Å²) in [7, 11) is 0. The van der Waals surface area contributed by atoms with Gasteiger partial charge in [0.2, 0.25) is 0 Å². The van der Waals surface area contributed by atoms with E-state index in [1.54, 1.807) is 0 Å². The maximum atomic E-state index is 6.12. The number of rotatable bonds is 8. The fourth-order valence-electron chi connectivity index (χ4n) is 3.20. The smallest absolute Gasteiger partial charge is 0.147 e. The molecule has 0 fully saturated rings. The fourth-order valence-corrected chi connectivity index (χ4v) is 3.20. The average Bonchev–Trinajstić information content (AvgIpc) is 3.47. The standard InChI is InChI=1S/C24H25N3O/c1-2-3-10-19-12-13-20(26-19)15-23-24(28-17-18-8-5-4-6-9-18)16-22(27-23)21-11-7-14-25-21/h4-9,11-16,25-26H,2-3,10,17H2,1H3. The molecule has 28 heavy (non-hydrogen) atoms. The molecule has 0 bridgehead atoms. The van der Waals surface area contributed by atoms with E-state index in [4.69, 9.17) is 9.73 Å². The van der Waals surface area contributed by atoms with E-state index in [0.717, 1.165) is 40.5 Å². The molecule has 1 aliphatic rings. The molecule has 0 radical (unpaired) electrons. The van der Waals surface area contributed by atoms with Gasteiger partial charge in [-0.3, -0.25) is 0 Å². The normalized spacial score (nSPS) is 15.0. The highest BCUT2D eigenvalue weighted by atomic mass is 16.5. The Kier molecular flexibility index (Phi) is 5.57. The summed E-state index contributed by atoms with van der Waals surface area (Å²) in [5, 5.41) is 0. The minimum absolute atomic E-state index is 0.518. The van der Waals surface area contributed by atoms with Crippen molar-refractivity contribution in [1.82, 2.24) is 9.97 Å². The average molecular weight is 371 g/mol. The quantitative estimate of drug-likeness (QED) is 0.530. The summed E-state index contributed by atoms with van der Waals surface area (Å²) in [5.41, 5.74) is 6.15. The zero-order valence-electron chi connectivity index (χ0n) is 16.1. The summed E-state index contributed by atoms with van der Waals surface area (Å²) in [6.45, 7) is 2.73. The molecule has 4 heteroatoms. The van der Waals surface area contributed by atoms with Crippen LogP contribution in [0.2, 0.25) is 0 Å². The molecule has 0 aliphatic carbocycles. The van der Waals surface area contributed by atoms with E-state index >= 15 is 0 Å². The van der Waals surface area contributed by atoms with E-state index in [1.807, 2.05) is 42.6 Å². The van der Waals surface area contributed by atoms with Gasteiger partial charge in [-0.15, -0.1) is 0 Å². The van der Waals surface area contributed by atoms with E-state index in [0.29, 0.717) is 6.61 Å². The van der Waals surface area contributed by atoms with Crippen molar-refractivity contribution in [3.8, 4) is 0 Å². The molecule has 2 aromatic heterocycles. The van der Waals surface area contributed by atoms with Crippen molar-refractivity contribution in [2.45, 2.75) is 32.8 Å². The van der Waals surface area contributed by atoms with Crippen molar-refractivity contribution in [1.29, 1.82) is 0 Å². The summed E-state index contributed by atoms with van der Waals surface area (Å²) in [6, 6.07) is 18.4. The maximum absolute atomic E-state index is 6.12. The summed E-state index contributed by atoms with van der Waals surface area (Å²) < 4.78 is 6.12. The Hall–Kier alpha value is -3.27. The number of aryl methyl sites for hydroxylation is 1. The Morgan fingerprint density at radius 2 is 1.93 bits per heavy atom. The third kappa shape index (κ3) is 4.34. The SMILES string of the molecule is CCCCc1ccc(C=C2N=C(c3ccc[nH]3)C=C2OCc2ccccc2)[nH]1. The second-order valence-corrected chi connectivity index (χ2v) is 6.94. The Balaban J connectivity index is 1.56. The van der Waals surface area contributed by atoms with E-state index < -0.39 is 0 Å². The van der Waals surface area contributed by atoms with Gasteiger partial charge in [0.1, 0.15) is 18.1 Å². The first-order valence-corrected chi connectivity index (χ1v) is 9.82. The van der Waals surface area contributed by atoms with Gasteiger partial charge in [0.15, 0.2) is 0 Å². The molecule has 0 saturated heterocycles. The van der Waals surface area contributed by atoms with E-state index in [9.17, 15) is 0 Å². The van der Waals surface area contributed by atoms with E-state index in [2.05, 4.69) is 47.2 Å². The van der Waals surface area contributed by atoms with Crippen LogP contribution in [0.25, 0.3) is 6.08 Å². The number of aromatic nitrogens is 2. The van der Waals surface area contributed by atoms with Gasteiger partial charge >= 0.3 is 0 Å². The highest BCUT2D eigenvalue weighted by Crippen LogP contribution is 2.26. The van der Waals surface area contributed by atoms with Crippen LogP contribution in [0.15, 0.2) is 83.3 Å². The second-order valence-electron chi connectivity index (χ2n) is 6.94. The third-order valence-electron chi connectivity index (χ3n) is 4.73. The molecule has 0 amide bonds. The van der Waals surface area contributed by atoms with Crippen molar-refractivity contribution >= 4 is 11.8 Å². The molecule has 3 aromatic rings. The third-order valence-corrected chi connectivity index (χ3v) is 4.73. The van der Waals surface area contributed by atoms with Crippen molar-refractivity contribution in [2.24, 2.45) is 4.99 Å². The van der Waals surface area contributed by atoms with Gasteiger partial charge in [0.25, 0.3) is 0 Å². The van der Waals surface area contributed by atoms with Crippen LogP contribution in [0.4, 0.5) is 0 Å². The molecule has 142 valence electrons. The van der Waals surface area contributed by atoms with Crippen LogP contribution < -0.4 is 0 Å². The molecule has 0 spiro atoms. The van der Waals surface area contributed by atoms with Crippen LogP contribution in [0, 0.1) is 0 Å². The Morgan fingerprint density at radius 1 is 1.04 bits per heavy atom. The largest absolute Gasteiger partial charge is 0.487 e. The summed E-state index contributed by atoms with van der Waals surface area (Å²) in [4.78, 5) is 11.5. The van der Waals surface area contributed by atoms with Gasteiger partial charge in [-0.2, -0.15) is 0 Å². The molecule has 2 N–H and O–H groups in total. The van der Waals surface area contributed by atoms with Crippen LogP contribution in [0.5, 0.6) is 0 Å². The van der Waals surface area contributed by atoms with E-state index in [-0.39, 0.29) is 0 Å². The van der Waals surface area contributed by atoms with Gasteiger partial charge in [-0.1, -0.05) is 43.7 Å². The van der Waals surface area contributed by atoms with Crippen LogP contribution in [-0.2, 0) is 17.8 Å². The number of hydrogen-bond acceptors (Lipinski definition) is 2. The Labute approximate surface area is 165 Å². The molecule has 1 aliphatic heterocycles. The number of aromatic amines is 2. The first-order valence-electron chi connectivity index (χ1n) is 9.82. The van der Waals surface area contributed by atoms with Crippen molar-refractivity contribution < 1.29 is 4.74 Å². The molecule has 4 nitrogen and oxygen atoms in total. The first-order chi connectivity index (χ1) is 13.8. The summed E-state index contributed by atoms with van der Waals surface area (Å²) in [6.07, 6.45) is 9.42. The minimum Gasteiger partial charge on any atom is -0.487 e. The maximum Gasteiger partial charge on any atom is 0.147 e. The van der Waals surface area contributed by atoms with Gasteiger partial charge in [0.05, 0.1) is 11.4 Å². The van der Waals surface area contributed by atoms with Gasteiger partial charge < -0.3 is 14.7 Å². The first kappa shape index (κ1) is 18.1. The predicted molar refractivity (Wildman–Crippen MR) is 114 cm³/mol. The number of nitrogens with zero attached hydrogens (tertiary/aromatic N) is 1. The number of benzene rings is 1. The van der Waals surface area contributed by atoms with Crippen molar-refractivity contribution in [3.05, 3.63) is 101 Å². The zero-order valence-corrected chi connectivity index (χ0v) is 16.1. The number of hydrogen-bond donors (Lipinski definition) is 2. The Morgan fingerprint density at radius 3 is 2.71 bits per heavy atom. The van der Waals surface area contributed by atoms with Gasteiger partial charge in [0, 0.05) is 23.7 Å². The van der Waals surface area contributed by atoms with Crippen molar-refractivity contribution in [3.63, 3.8) is 0 Å². The molecular formula is C24H25N3O. The number of allylic oxidation sites excluding steroid dienone is 1. The zero-order chi connectivity index (χ0) is 19.2. The molecule has 0 saturated carbocycles. The second kappa shape index (κ2) is 8.61. The van der Waals surface area contributed by atoms with Gasteiger partial charge in [-0.25, -0.2) is 4.99 Å². The van der Waals surface area contributed by atoms with Crippen LogP contribution >= 0.6 is 0 Å². The van der Waals surface area contributed by atoms with Crippen LogP contribution in [0.3, 0.4) is 0 Å². The topological polar surface area (TPSA) is 53.2 Å². The molecule has 4 rings (SSSR count). The number of aliphatic imine (C=N–C) groups is 1. The monoisotopic (exact) mass is 371 g/mol. The molecule has 1 aromatic carbocycles. The summed E-state index contributed by atoms with van der Waals surface area (Å²) in [5.74, 6) is 0.790. The van der Waals surface area contributed by atoms with Crippen LogP contribution in [0.1, 0.15) is 42.4 Å². The lowest BCUT2D eigenvalue weighted by Crippen LogP contribution is -1.95. The number of unbranched alkanes of at least 4 members (excludes halogenated alkanes) is 1. The number of nitrogens with one attached hydrogen (secondary N) is 2. The number of H-pyrrole nitrogens is 2. The molecular weight excluding hydrogens is 346 g/mol. The van der Waals surface area contributed by atoms with Crippen molar-refractivity contribution in [2.75, 3.05) is 0 Å². The minimum atomic E-state index is 0.518. The molecule has 0 atom stereocenters. The Bertz CT molecular complexity index is 992. The highest BCUT2D eigenvalue weighted by molar-refractivity contribution is 6.11. The lowest BCUT2D eigenvalue weighted by atomic mass is 10.2. The molecule has 3 heterocycles. The van der Waals surface area contributed by atoms with Gasteiger partial charge in [-0.05, 0) is 48.7 Å². The fraction of sp³-hybridized carbons (Fsp3) is 0.208. The lowest BCUT2D eigenvalue weighted by molar-refractivity contribution is 0.208. The van der Waals surface area contributed by atoms with Crippen LogP contribution in [-0.4, -0.2) is 15.7 Å². The number of ether oxygens (including phenoxy) is 1. The predicted octanol–water partition coefficient (Wildman–Crippen LogP) is 5.63. The lowest BCUT2D eigenvalue weighted by Gasteiger charge is -2.07. The molecule has 0 unspecified atom stereocenters.